The van der Waals surface area contributed by atoms with E-state index in [-0.39, 0.29) is 18.1 Å². The fourth-order valence-corrected chi connectivity index (χ4v) is 3.80. The molecule has 2 heterocycles. The van der Waals surface area contributed by atoms with Crippen LogP contribution in [0.1, 0.15) is 28.7 Å². The number of aromatic nitrogens is 1. The topological polar surface area (TPSA) is 45.2 Å². The Kier molecular flexibility index (Phi) is 5.96. The molecule has 0 radical (unpaired) electrons. The van der Waals surface area contributed by atoms with Crippen molar-refractivity contribution in [1.29, 1.82) is 0 Å². The molecule has 29 heavy (non-hydrogen) atoms. The summed E-state index contributed by atoms with van der Waals surface area (Å²) in [5, 5.41) is 2.98. The van der Waals surface area contributed by atoms with Crippen LogP contribution in [0.3, 0.4) is 0 Å². The zero-order valence-corrected chi connectivity index (χ0v) is 16.3. The zero-order chi connectivity index (χ0) is 20.1. The number of carbonyl (C=O) groups is 1. The first kappa shape index (κ1) is 19.3. The molecule has 0 atom stereocenters. The van der Waals surface area contributed by atoms with E-state index in [2.05, 4.69) is 39.5 Å². The Morgan fingerprint density at radius 2 is 1.86 bits per heavy atom. The number of carbonyl (C=O) groups excluding carboxylic acids is 1. The fraction of sp³-hybridized carbons (Fsp3) is 0.250. The number of hydrogen-bond acceptors (Lipinski definition) is 3. The number of fused-ring (bicyclic) bond motifs is 1. The number of aryl methyl sites for hydroxylation is 1. The van der Waals surface area contributed by atoms with Crippen molar-refractivity contribution in [3.05, 3.63) is 95.1 Å². The van der Waals surface area contributed by atoms with E-state index >= 15 is 0 Å². The van der Waals surface area contributed by atoms with Crippen LogP contribution in [0.4, 0.5) is 10.1 Å². The normalized spacial score (nSPS) is 13.7. The molecule has 1 aliphatic heterocycles. The first-order valence-electron chi connectivity index (χ1n) is 9.94. The summed E-state index contributed by atoms with van der Waals surface area (Å²) < 4.78 is 13.7. The highest BCUT2D eigenvalue weighted by molar-refractivity contribution is 5.91. The molecular formula is C24H24FN3O. The molecule has 0 bridgehead atoms. The maximum absolute atomic E-state index is 13.7. The molecule has 4 nitrogen and oxygen atoms in total. The van der Waals surface area contributed by atoms with Gasteiger partial charge in [0.2, 0.25) is 5.91 Å². The van der Waals surface area contributed by atoms with Gasteiger partial charge >= 0.3 is 0 Å². The largest absolute Gasteiger partial charge is 0.324 e. The molecule has 4 rings (SSSR count). The van der Waals surface area contributed by atoms with Crippen LogP contribution in [0.25, 0.3) is 0 Å². The van der Waals surface area contributed by atoms with Crippen LogP contribution >= 0.6 is 0 Å². The van der Waals surface area contributed by atoms with Gasteiger partial charge in [0.25, 0.3) is 0 Å². The lowest BCUT2D eigenvalue weighted by Gasteiger charge is -2.29. The number of nitrogens with zero attached hydrogens (tertiary/aromatic N) is 2. The Hall–Kier alpha value is -3.05. The predicted molar refractivity (Wildman–Crippen MR) is 112 cm³/mol. The van der Waals surface area contributed by atoms with Crippen molar-refractivity contribution < 1.29 is 9.18 Å². The number of amides is 1. The number of halogens is 1. The average molecular weight is 389 g/mol. The number of benzene rings is 2. The molecule has 1 aliphatic rings. The Labute approximate surface area is 170 Å². The van der Waals surface area contributed by atoms with E-state index in [1.165, 1.54) is 11.6 Å². The van der Waals surface area contributed by atoms with Gasteiger partial charge in [-0.25, -0.2) is 4.39 Å². The van der Waals surface area contributed by atoms with E-state index in [0.29, 0.717) is 12.0 Å². The van der Waals surface area contributed by atoms with Gasteiger partial charge in [-0.1, -0.05) is 48.5 Å². The Bertz CT molecular complexity index is 990. The second-order valence-electron chi connectivity index (χ2n) is 7.41. The summed E-state index contributed by atoms with van der Waals surface area (Å²) in [6, 6.07) is 17.0. The lowest BCUT2D eigenvalue weighted by molar-refractivity contribution is -0.116. The summed E-state index contributed by atoms with van der Waals surface area (Å²) in [4.78, 5) is 19.1. The van der Waals surface area contributed by atoms with Crippen LogP contribution in [0.5, 0.6) is 0 Å². The van der Waals surface area contributed by atoms with Crippen LogP contribution in [0.15, 0.2) is 67.0 Å². The second-order valence-corrected chi connectivity index (χ2v) is 7.41. The van der Waals surface area contributed by atoms with Gasteiger partial charge in [-0.2, -0.15) is 0 Å². The number of nitrogens with one attached hydrogen (secondary N) is 1. The minimum atomic E-state index is -0.266. The summed E-state index contributed by atoms with van der Waals surface area (Å²) in [7, 11) is 0. The summed E-state index contributed by atoms with van der Waals surface area (Å²) in [5.41, 5.74) is 4.94. The van der Waals surface area contributed by atoms with Crippen molar-refractivity contribution >= 4 is 11.6 Å². The second kappa shape index (κ2) is 8.97. The molecule has 0 spiro atoms. The monoisotopic (exact) mass is 389 g/mol. The summed E-state index contributed by atoms with van der Waals surface area (Å²) >= 11 is 0. The Morgan fingerprint density at radius 1 is 1.07 bits per heavy atom. The smallest absolute Gasteiger partial charge is 0.224 e. The summed E-state index contributed by atoms with van der Waals surface area (Å²) in [6.45, 7) is 2.65. The highest BCUT2D eigenvalue weighted by atomic mass is 19.1. The molecule has 0 saturated heterocycles. The van der Waals surface area contributed by atoms with Crippen LogP contribution in [0, 0.1) is 5.82 Å². The van der Waals surface area contributed by atoms with Gasteiger partial charge < -0.3 is 5.32 Å². The first-order chi connectivity index (χ1) is 14.2. The molecule has 0 fully saturated rings. The molecule has 5 heteroatoms. The standard InChI is InChI=1S/C24H24FN3O/c25-22-9-5-4-8-19(22)10-11-24(29)27-23-15-26-14-20-17-28(13-12-21(20)23)16-18-6-2-1-3-7-18/h1-9,14-15H,10-13,16-17H2,(H,27,29). The predicted octanol–water partition coefficient (Wildman–Crippen LogP) is 4.35. The third-order valence-electron chi connectivity index (χ3n) is 5.32. The third kappa shape index (κ3) is 4.87. The molecular weight excluding hydrogens is 365 g/mol. The van der Waals surface area contributed by atoms with Crippen LogP contribution in [0.2, 0.25) is 0 Å². The summed E-state index contributed by atoms with van der Waals surface area (Å²) in [5.74, 6) is -0.382. The molecule has 1 amide bonds. The number of hydrogen-bond donors (Lipinski definition) is 1. The first-order valence-corrected chi connectivity index (χ1v) is 9.94. The van der Waals surface area contributed by atoms with Gasteiger partial charge in [0, 0.05) is 32.3 Å². The minimum Gasteiger partial charge on any atom is -0.324 e. The van der Waals surface area contributed by atoms with Crippen LogP contribution in [-0.2, 0) is 30.7 Å². The SMILES string of the molecule is O=C(CCc1ccccc1F)Nc1cncc2c1CCN(Cc1ccccc1)C2. The highest BCUT2D eigenvalue weighted by Crippen LogP contribution is 2.26. The van der Waals surface area contributed by atoms with Gasteiger partial charge in [0.05, 0.1) is 11.9 Å². The van der Waals surface area contributed by atoms with Crippen LogP contribution in [-0.4, -0.2) is 22.3 Å². The van der Waals surface area contributed by atoms with Crippen molar-refractivity contribution in [3.8, 4) is 0 Å². The molecule has 1 aromatic heterocycles. The van der Waals surface area contributed by atoms with Crippen LogP contribution < -0.4 is 5.32 Å². The number of anilines is 1. The molecule has 0 aliphatic carbocycles. The van der Waals surface area contributed by atoms with Crippen molar-refractivity contribution in [1.82, 2.24) is 9.88 Å². The molecule has 2 aromatic carbocycles. The highest BCUT2D eigenvalue weighted by Gasteiger charge is 2.20. The zero-order valence-electron chi connectivity index (χ0n) is 16.3. The summed E-state index contributed by atoms with van der Waals surface area (Å²) in [6.07, 6.45) is 5.10. The van der Waals surface area contributed by atoms with Gasteiger partial charge in [0.15, 0.2) is 0 Å². The lowest BCUT2D eigenvalue weighted by atomic mass is 9.99. The Morgan fingerprint density at radius 3 is 2.69 bits per heavy atom. The van der Waals surface area contributed by atoms with Crippen molar-refractivity contribution in [2.45, 2.75) is 32.4 Å². The van der Waals surface area contributed by atoms with Gasteiger partial charge in [-0.3, -0.25) is 14.7 Å². The van der Waals surface area contributed by atoms with Gasteiger partial charge in [-0.15, -0.1) is 0 Å². The number of pyridine rings is 1. The molecule has 148 valence electrons. The van der Waals surface area contributed by atoms with Crippen molar-refractivity contribution in [2.75, 3.05) is 11.9 Å². The van der Waals surface area contributed by atoms with Crippen molar-refractivity contribution in [3.63, 3.8) is 0 Å². The third-order valence-corrected chi connectivity index (χ3v) is 5.32. The maximum Gasteiger partial charge on any atom is 0.224 e. The van der Waals surface area contributed by atoms with Gasteiger partial charge in [0.1, 0.15) is 5.82 Å². The average Bonchev–Trinajstić information content (AvgIpc) is 2.74. The number of rotatable bonds is 6. The Balaban J connectivity index is 1.38. The van der Waals surface area contributed by atoms with E-state index in [0.717, 1.165) is 42.9 Å². The minimum absolute atomic E-state index is 0.116. The maximum atomic E-state index is 13.7. The van der Waals surface area contributed by atoms with E-state index < -0.39 is 0 Å². The molecule has 0 saturated carbocycles. The van der Waals surface area contributed by atoms with E-state index in [1.807, 2.05) is 12.3 Å². The molecule has 0 unspecified atom stereocenters. The van der Waals surface area contributed by atoms with E-state index in [9.17, 15) is 9.18 Å². The van der Waals surface area contributed by atoms with Gasteiger partial charge in [-0.05, 0) is 41.2 Å². The molecule has 3 aromatic rings. The molecule has 1 N–H and O–H groups in total. The fourth-order valence-electron chi connectivity index (χ4n) is 3.80. The quantitative estimate of drug-likeness (QED) is 0.682. The van der Waals surface area contributed by atoms with E-state index in [4.69, 9.17) is 0 Å². The van der Waals surface area contributed by atoms with E-state index in [1.54, 1.807) is 24.4 Å². The van der Waals surface area contributed by atoms with Crippen molar-refractivity contribution in [2.24, 2.45) is 0 Å². The lowest BCUT2D eigenvalue weighted by Crippen LogP contribution is -2.31.